The van der Waals surface area contributed by atoms with Crippen LogP contribution in [0.3, 0.4) is 0 Å². The van der Waals surface area contributed by atoms with Crippen molar-refractivity contribution in [3.8, 4) is 0 Å². The highest BCUT2D eigenvalue weighted by molar-refractivity contribution is 7.30. The average molecular weight is 232 g/mol. The van der Waals surface area contributed by atoms with E-state index in [9.17, 15) is 0 Å². The summed E-state index contributed by atoms with van der Waals surface area (Å²) in [5.74, 6) is 0. The van der Waals surface area contributed by atoms with Crippen LogP contribution in [0.25, 0.3) is 0 Å². The quantitative estimate of drug-likeness (QED) is 0.671. The van der Waals surface area contributed by atoms with E-state index in [1.807, 2.05) is 18.2 Å². The Morgan fingerprint density at radius 2 is 1.29 bits per heavy atom. The summed E-state index contributed by atoms with van der Waals surface area (Å²) in [5, 5.41) is 9.00. The molecule has 1 aromatic rings. The standard InChI is InChI=1S/C9H14O3P2/c10-4-7-1-8(5-13-11)3-9(2-7)6-14-12/h1-3,10-14H,4-6H2. The Labute approximate surface area is 86.9 Å². The van der Waals surface area contributed by atoms with Crippen LogP contribution in [-0.4, -0.2) is 14.9 Å². The smallest absolute Gasteiger partial charge is 0.0682 e. The lowest BCUT2D eigenvalue weighted by atomic mass is 10.1. The molecule has 0 heterocycles. The summed E-state index contributed by atoms with van der Waals surface area (Å²) < 4.78 is 0. The van der Waals surface area contributed by atoms with Crippen molar-refractivity contribution in [2.45, 2.75) is 18.9 Å². The van der Waals surface area contributed by atoms with Crippen molar-refractivity contribution in [3.63, 3.8) is 0 Å². The second-order valence-corrected chi connectivity index (χ2v) is 4.33. The molecule has 14 heavy (non-hydrogen) atoms. The maximum absolute atomic E-state index is 9.00. The maximum Gasteiger partial charge on any atom is 0.0682 e. The highest BCUT2D eigenvalue weighted by Gasteiger charge is 2.00. The van der Waals surface area contributed by atoms with Gasteiger partial charge in [-0.2, -0.15) is 0 Å². The van der Waals surface area contributed by atoms with Crippen LogP contribution >= 0.6 is 17.6 Å². The minimum atomic E-state index is -0.110. The SMILES string of the molecule is OCc1cc(CPO)cc(CPO)c1. The third kappa shape index (κ3) is 3.61. The summed E-state index contributed by atoms with van der Waals surface area (Å²) in [6, 6.07) is 5.73. The van der Waals surface area contributed by atoms with Crippen LogP contribution in [0.5, 0.6) is 0 Å². The lowest BCUT2D eigenvalue weighted by Gasteiger charge is -2.06. The van der Waals surface area contributed by atoms with E-state index < -0.39 is 0 Å². The third-order valence-corrected chi connectivity index (χ3v) is 2.99. The lowest BCUT2D eigenvalue weighted by molar-refractivity contribution is 0.281. The van der Waals surface area contributed by atoms with Gasteiger partial charge in [-0.3, -0.25) is 0 Å². The Balaban J connectivity index is 2.88. The van der Waals surface area contributed by atoms with Gasteiger partial charge in [0.15, 0.2) is 0 Å². The molecule has 1 rings (SSSR count). The fourth-order valence-corrected chi connectivity index (χ4v) is 2.09. The fourth-order valence-electron chi connectivity index (χ4n) is 1.32. The van der Waals surface area contributed by atoms with Gasteiger partial charge in [-0.25, -0.2) is 0 Å². The normalized spacial score (nSPS) is 12.2. The molecule has 0 fully saturated rings. The van der Waals surface area contributed by atoms with Crippen LogP contribution < -0.4 is 0 Å². The molecule has 0 aliphatic heterocycles. The van der Waals surface area contributed by atoms with Crippen LogP contribution in [0, 0.1) is 0 Å². The van der Waals surface area contributed by atoms with Crippen molar-refractivity contribution < 1.29 is 14.9 Å². The molecule has 0 amide bonds. The van der Waals surface area contributed by atoms with Crippen molar-refractivity contribution in [2.24, 2.45) is 0 Å². The first kappa shape index (κ1) is 12.0. The lowest BCUT2D eigenvalue weighted by Crippen LogP contribution is -1.91. The largest absolute Gasteiger partial charge is 0.392 e. The van der Waals surface area contributed by atoms with E-state index in [4.69, 9.17) is 14.9 Å². The molecule has 0 aromatic heterocycles. The van der Waals surface area contributed by atoms with Gasteiger partial charge < -0.3 is 14.9 Å². The second kappa shape index (κ2) is 6.44. The molecule has 0 saturated carbocycles. The van der Waals surface area contributed by atoms with Gasteiger partial charge in [0.25, 0.3) is 0 Å². The third-order valence-electron chi connectivity index (χ3n) is 1.86. The first-order chi connectivity index (χ1) is 6.80. The zero-order chi connectivity index (χ0) is 10.4. The van der Waals surface area contributed by atoms with Crippen molar-refractivity contribution in [1.82, 2.24) is 0 Å². The number of hydrogen-bond acceptors (Lipinski definition) is 3. The molecule has 3 nitrogen and oxygen atoms in total. The van der Waals surface area contributed by atoms with Gasteiger partial charge in [0.05, 0.1) is 6.61 Å². The molecule has 0 saturated heterocycles. The predicted octanol–water partition coefficient (Wildman–Crippen LogP) is 1.35. The molecule has 5 heteroatoms. The van der Waals surface area contributed by atoms with Gasteiger partial charge in [-0.05, 0) is 16.7 Å². The van der Waals surface area contributed by atoms with Gasteiger partial charge in [-0.15, -0.1) is 0 Å². The zero-order valence-corrected chi connectivity index (χ0v) is 9.70. The Bertz CT molecular complexity index is 267. The Hall–Kier alpha value is -0.0400. The number of hydrogen-bond donors (Lipinski definition) is 3. The minimum absolute atomic E-state index is 0.00389. The summed E-state index contributed by atoms with van der Waals surface area (Å²) in [4.78, 5) is 17.6. The maximum atomic E-state index is 9.00. The monoisotopic (exact) mass is 232 g/mol. The molecular formula is C9H14O3P2. The summed E-state index contributed by atoms with van der Waals surface area (Å²) in [6.45, 7) is 0.00389. The van der Waals surface area contributed by atoms with Crippen LogP contribution in [0.4, 0.5) is 0 Å². The summed E-state index contributed by atoms with van der Waals surface area (Å²) in [6.07, 6.45) is 1.24. The van der Waals surface area contributed by atoms with E-state index in [-0.39, 0.29) is 24.2 Å². The fraction of sp³-hybridized carbons (Fsp3) is 0.333. The molecule has 2 atom stereocenters. The molecule has 3 N–H and O–H groups in total. The first-order valence-corrected chi connectivity index (χ1v) is 6.57. The van der Waals surface area contributed by atoms with Crippen LogP contribution in [-0.2, 0) is 18.9 Å². The van der Waals surface area contributed by atoms with E-state index in [2.05, 4.69) is 0 Å². The zero-order valence-electron chi connectivity index (χ0n) is 7.70. The molecule has 0 aliphatic carbocycles. The highest BCUT2D eigenvalue weighted by Crippen LogP contribution is 2.21. The molecule has 0 spiro atoms. The van der Waals surface area contributed by atoms with E-state index in [1.54, 1.807) is 0 Å². The van der Waals surface area contributed by atoms with Gasteiger partial charge in [0.1, 0.15) is 0 Å². The number of aliphatic hydroxyl groups is 1. The van der Waals surface area contributed by atoms with Gasteiger partial charge in [-0.1, -0.05) is 18.2 Å². The van der Waals surface area contributed by atoms with Crippen molar-refractivity contribution >= 4 is 17.6 Å². The van der Waals surface area contributed by atoms with E-state index in [0.29, 0.717) is 12.3 Å². The molecule has 0 bridgehead atoms. The highest BCUT2D eigenvalue weighted by atomic mass is 31.1. The van der Waals surface area contributed by atoms with Crippen LogP contribution in [0.2, 0.25) is 0 Å². The average Bonchev–Trinajstić information content (AvgIpc) is 2.18. The number of rotatable bonds is 5. The van der Waals surface area contributed by atoms with Crippen LogP contribution in [0.1, 0.15) is 16.7 Å². The van der Waals surface area contributed by atoms with Crippen molar-refractivity contribution in [3.05, 3.63) is 34.9 Å². The first-order valence-electron chi connectivity index (χ1n) is 4.26. The molecule has 0 radical (unpaired) electrons. The molecular weight excluding hydrogens is 218 g/mol. The Morgan fingerprint density at radius 1 is 0.857 bits per heavy atom. The van der Waals surface area contributed by atoms with E-state index in [1.165, 1.54) is 0 Å². The Morgan fingerprint density at radius 3 is 1.64 bits per heavy atom. The summed E-state index contributed by atoms with van der Waals surface area (Å²) in [7, 11) is -0.221. The van der Waals surface area contributed by atoms with Gasteiger partial charge in [0, 0.05) is 29.9 Å². The minimum Gasteiger partial charge on any atom is -0.392 e. The van der Waals surface area contributed by atoms with E-state index >= 15 is 0 Å². The number of aliphatic hydroxyl groups excluding tert-OH is 1. The van der Waals surface area contributed by atoms with Gasteiger partial charge >= 0.3 is 0 Å². The predicted molar refractivity (Wildman–Crippen MR) is 60.8 cm³/mol. The summed E-state index contributed by atoms with van der Waals surface area (Å²) >= 11 is 0. The van der Waals surface area contributed by atoms with E-state index in [0.717, 1.165) is 16.7 Å². The molecule has 2 unspecified atom stereocenters. The van der Waals surface area contributed by atoms with Crippen molar-refractivity contribution in [1.29, 1.82) is 0 Å². The second-order valence-electron chi connectivity index (χ2n) is 2.99. The number of benzene rings is 1. The molecule has 0 aliphatic rings. The summed E-state index contributed by atoms with van der Waals surface area (Å²) in [5.41, 5.74) is 2.88. The Kier molecular flexibility index (Phi) is 5.54. The topological polar surface area (TPSA) is 60.7 Å². The van der Waals surface area contributed by atoms with Crippen LogP contribution in [0.15, 0.2) is 18.2 Å². The van der Waals surface area contributed by atoms with Crippen molar-refractivity contribution in [2.75, 3.05) is 0 Å². The molecule has 1 aromatic carbocycles. The van der Waals surface area contributed by atoms with Gasteiger partial charge in [0.2, 0.25) is 0 Å². The molecule has 78 valence electrons.